The molecule has 3 rings (SSSR count). The highest BCUT2D eigenvalue weighted by atomic mass is 32.3. The monoisotopic (exact) mass is 299 g/mol. The summed E-state index contributed by atoms with van der Waals surface area (Å²) >= 11 is 0. The zero-order valence-corrected chi connectivity index (χ0v) is 11.0. The van der Waals surface area contributed by atoms with Crippen LogP contribution in [0, 0.1) is 0 Å². The molecule has 0 N–H and O–H groups in total. The molecule has 1 aromatic heterocycles. The van der Waals surface area contributed by atoms with E-state index in [1.807, 2.05) is 0 Å². The van der Waals surface area contributed by atoms with E-state index in [1.165, 1.54) is 4.90 Å². The minimum Gasteiger partial charge on any atom is -0.337 e. The number of benzene rings is 1. The van der Waals surface area contributed by atoms with E-state index >= 15 is 0 Å². The quantitative estimate of drug-likeness (QED) is 0.771. The Balaban J connectivity index is 1.85. The summed E-state index contributed by atoms with van der Waals surface area (Å²) in [7, 11) is -4.70. The highest BCUT2D eigenvalue weighted by Gasteiger charge is 2.38. The van der Waals surface area contributed by atoms with Gasteiger partial charge in [0.2, 0.25) is 5.91 Å². The van der Waals surface area contributed by atoms with Gasteiger partial charge >= 0.3 is 10.2 Å². The van der Waals surface area contributed by atoms with Gasteiger partial charge in [-0.25, -0.2) is 4.63 Å². The van der Waals surface area contributed by atoms with Crippen LogP contribution in [0.3, 0.4) is 0 Å². The fraction of sp³-hybridized carbons (Fsp3) is 0.364. The van der Waals surface area contributed by atoms with E-state index in [1.54, 1.807) is 18.2 Å². The Bertz CT molecular complexity index is 773. The standard InChI is InChI=1S/C11H10FN3O4S/c12-20(17,18)8-4-10(16)15(6-8)5-7-2-1-3-9-11(7)14-19-13-9/h1-3,8H,4-6H2. The topological polar surface area (TPSA) is 93.4 Å². The zero-order valence-electron chi connectivity index (χ0n) is 10.2. The van der Waals surface area contributed by atoms with Crippen molar-refractivity contribution in [2.75, 3.05) is 6.54 Å². The van der Waals surface area contributed by atoms with Gasteiger partial charge in [-0.15, -0.1) is 3.89 Å². The molecule has 1 amide bonds. The lowest BCUT2D eigenvalue weighted by Gasteiger charge is -2.15. The maximum absolute atomic E-state index is 12.9. The Morgan fingerprint density at radius 2 is 2.20 bits per heavy atom. The summed E-state index contributed by atoms with van der Waals surface area (Å²) in [6.45, 7) is -0.00423. The van der Waals surface area contributed by atoms with Crippen molar-refractivity contribution < 1.29 is 21.7 Å². The predicted octanol–water partition coefficient (Wildman–Crippen LogP) is 0.623. The third-order valence-corrected chi connectivity index (χ3v) is 4.42. The van der Waals surface area contributed by atoms with Crippen LogP contribution >= 0.6 is 0 Å². The SMILES string of the molecule is O=C1CC(S(=O)(=O)F)CN1Cc1cccc2nonc12. The maximum Gasteiger partial charge on any atom is 0.307 e. The molecule has 0 aliphatic carbocycles. The van der Waals surface area contributed by atoms with Crippen molar-refractivity contribution in [3.63, 3.8) is 0 Å². The summed E-state index contributed by atoms with van der Waals surface area (Å²) in [6, 6.07) is 5.17. The third kappa shape index (κ3) is 2.24. The predicted molar refractivity (Wildman–Crippen MR) is 65.7 cm³/mol. The van der Waals surface area contributed by atoms with Crippen LogP contribution in [0.5, 0.6) is 0 Å². The van der Waals surface area contributed by atoms with Crippen molar-refractivity contribution in [3.05, 3.63) is 23.8 Å². The van der Waals surface area contributed by atoms with Gasteiger partial charge in [0.05, 0.1) is 0 Å². The Morgan fingerprint density at radius 1 is 1.40 bits per heavy atom. The van der Waals surface area contributed by atoms with Crippen LogP contribution in [-0.4, -0.2) is 41.3 Å². The lowest BCUT2D eigenvalue weighted by molar-refractivity contribution is -0.128. The van der Waals surface area contributed by atoms with E-state index in [2.05, 4.69) is 14.9 Å². The molecule has 2 heterocycles. The number of hydrogen-bond acceptors (Lipinski definition) is 6. The van der Waals surface area contributed by atoms with Crippen LogP contribution in [0.2, 0.25) is 0 Å². The van der Waals surface area contributed by atoms with E-state index in [-0.39, 0.29) is 19.5 Å². The molecule has 0 spiro atoms. The Labute approximate surface area is 113 Å². The average Bonchev–Trinajstić information content (AvgIpc) is 2.96. The van der Waals surface area contributed by atoms with Crippen molar-refractivity contribution in [2.45, 2.75) is 18.2 Å². The molecule has 106 valence electrons. The third-order valence-electron chi connectivity index (χ3n) is 3.31. The number of amides is 1. The molecule has 1 saturated heterocycles. The number of nitrogens with zero attached hydrogens (tertiary/aromatic N) is 3. The first kappa shape index (κ1) is 13.0. The first-order valence-corrected chi connectivity index (χ1v) is 7.31. The zero-order chi connectivity index (χ0) is 14.3. The van der Waals surface area contributed by atoms with Crippen molar-refractivity contribution >= 4 is 27.2 Å². The number of fused-ring (bicyclic) bond motifs is 1. The largest absolute Gasteiger partial charge is 0.337 e. The second kappa shape index (κ2) is 4.51. The molecule has 1 atom stereocenters. The molecule has 0 saturated carbocycles. The van der Waals surface area contributed by atoms with Gasteiger partial charge in [-0.3, -0.25) is 4.79 Å². The highest BCUT2D eigenvalue weighted by molar-refractivity contribution is 7.87. The minimum absolute atomic E-state index is 0.149. The number of carbonyl (C=O) groups excluding carboxylic acids is 1. The maximum atomic E-state index is 12.9. The summed E-state index contributed by atoms with van der Waals surface area (Å²) in [4.78, 5) is 13.0. The smallest absolute Gasteiger partial charge is 0.307 e. The van der Waals surface area contributed by atoms with Gasteiger partial charge in [0.1, 0.15) is 16.3 Å². The molecular weight excluding hydrogens is 289 g/mol. The van der Waals surface area contributed by atoms with Crippen LogP contribution < -0.4 is 0 Å². The van der Waals surface area contributed by atoms with Crippen LogP contribution in [0.4, 0.5) is 3.89 Å². The molecule has 0 radical (unpaired) electrons. The van der Waals surface area contributed by atoms with Crippen LogP contribution in [0.15, 0.2) is 22.8 Å². The summed E-state index contributed by atoms with van der Waals surface area (Å²) < 4.78 is 39.3. The summed E-state index contributed by atoms with van der Waals surface area (Å²) in [5.74, 6) is -0.398. The van der Waals surface area contributed by atoms with Crippen LogP contribution in [0.25, 0.3) is 11.0 Å². The van der Waals surface area contributed by atoms with Crippen molar-refractivity contribution in [1.82, 2.24) is 15.2 Å². The second-order valence-corrected chi connectivity index (χ2v) is 6.24. The molecule has 9 heteroatoms. The summed E-state index contributed by atoms with van der Waals surface area (Å²) in [5, 5.41) is 6.13. The molecular formula is C11H10FN3O4S. The molecule has 2 aromatic rings. The molecule has 1 aliphatic heterocycles. The van der Waals surface area contributed by atoms with E-state index in [4.69, 9.17) is 0 Å². The number of aromatic nitrogens is 2. The lowest BCUT2D eigenvalue weighted by atomic mass is 10.2. The first-order chi connectivity index (χ1) is 9.45. The molecule has 20 heavy (non-hydrogen) atoms. The van der Waals surface area contributed by atoms with Gasteiger partial charge in [0.15, 0.2) is 0 Å². The summed E-state index contributed by atoms with van der Waals surface area (Å²) in [6.07, 6.45) is -0.328. The average molecular weight is 299 g/mol. The van der Waals surface area contributed by atoms with Gasteiger partial charge in [-0.2, -0.15) is 8.42 Å². The fourth-order valence-corrected chi connectivity index (χ4v) is 2.97. The van der Waals surface area contributed by atoms with Gasteiger partial charge in [-0.1, -0.05) is 12.1 Å². The number of likely N-dealkylation sites (tertiary alicyclic amines) is 1. The minimum atomic E-state index is -4.70. The van der Waals surface area contributed by atoms with E-state index in [9.17, 15) is 17.1 Å². The van der Waals surface area contributed by atoms with Gasteiger partial charge < -0.3 is 4.90 Å². The fourth-order valence-electron chi connectivity index (χ4n) is 2.27. The molecule has 1 aliphatic rings. The number of halogens is 1. The molecule has 1 unspecified atom stereocenters. The van der Waals surface area contributed by atoms with E-state index < -0.39 is 21.4 Å². The van der Waals surface area contributed by atoms with E-state index in [0.717, 1.165) is 0 Å². The van der Waals surface area contributed by atoms with Gasteiger partial charge in [0, 0.05) is 25.1 Å². The van der Waals surface area contributed by atoms with Gasteiger partial charge in [0.25, 0.3) is 0 Å². The van der Waals surface area contributed by atoms with Crippen LogP contribution in [0.1, 0.15) is 12.0 Å². The van der Waals surface area contributed by atoms with E-state index in [0.29, 0.717) is 16.6 Å². The number of rotatable bonds is 3. The second-order valence-electron chi connectivity index (χ2n) is 4.63. The van der Waals surface area contributed by atoms with Crippen molar-refractivity contribution in [2.24, 2.45) is 0 Å². The number of carbonyl (C=O) groups is 1. The van der Waals surface area contributed by atoms with Crippen molar-refractivity contribution in [3.8, 4) is 0 Å². The molecule has 7 nitrogen and oxygen atoms in total. The normalized spacial score (nSPS) is 19.9. The Kier molecular flexibility index (Phi) is 2.93. The first-order valence-electron chi connectivity index (χ1n) is 5.86. The molecule has 1 fully saturated rings. The van der Waals surface area contributed by atoms with Crippen LogP contribution in [-0.2, 0) is 21.6 Å². The van der Waals surface area contributed by atoms with Gasteiger partial charge in [-0.05, 0) is 16.4 Å². The Morgan fingerprint density at radius 3 is 2.90 bits per heavy atom. The Hall–Kier alpha value is -2.03. The molecule has 0 bridgehead atoms. The lowest BCUT2D eigenvalue weighted by Crippen LogP contribution is -2.26. The van der Waals surface area contributed by atoms with Crippen molar-refractivity contribution in [1.29, 1.82) is 0 Å². The highest BCUT2D eigenvalue weighted by Crippen LogP contribution is 2.23. The number of hydrogen-bond donors (Lipinski definition) is 0. The summed E-state index contributed by atoms with van der Waals surface area (Å²) in [5.41, 5.74) is 1.73. The molecule has 1 aromatic carbocycles.